The molecule has 4 rings (SSSR count). The van der Waals surface area contributed by atoms with Crippen LogP contribution in [0.15, 0.2) is 18.5 Å². The summed E-state index contributed by atoms with van der Waals surface area (Å²) < 4.78 is 4.01. The van der Waals surface area contributed by atoms with Crippen molar-refractivity contribution in [1.29, 1.82) is 0 Å². The van der Waals surface area contributed by atoms with Crippen LogP contribution in [-0.4, -0.2) is 43.0 Å². The van der Waals surface area contributed by atoms with Crippen LogP contribution in [0.2, 0.25) is 0 Å². The number of carbonyl (C=O) groups excluding carboxylic acids is 1. The highest BCUT2D eigenvalue weighted by Gasteiger charge is 2.27. The van der Waals surface area contributed by atoms with Crippen LogP contribution < -0.4 is 5.32 Å². The third-order valence-electron chi connectivity index (χ3n) is 5.78. The highest BCUT2D eigenvalue weighted by atomic mass is 16.1. The average molecular weight is 356 g/mol. The molecular weight excluding hydrogens is 328 g/mol. The molecular formula is C19H28N6O. The molecule has 1 atom stereocenters. The smallest absolute Gasteiger partial charge is 0.220 e. The number of hydrogen-bond acceptors (Lipinski definition) is 4. The van der Waals surface area contributed by atoms with Crippen molar-refractivity contribution in [2.24, 2.45) is 13.0 Å². The van der Waals surface area contributed by atoms with Gasteiger partial charge in [0.15, 0.2) is 0 Å². The van der Waals surface area contributed by atoms with E-state index in [0.717, 1.165) is 26.1 Å². The van der Waals surface area contributed by atoms with Gasteiger partial charge in [-0.3, -0.25) is 19.1 Å². The molecule has 1 saturated carbocycles. The Morgan fingerprint density at radius 3 is 2.88 bits per heavy atom. The lowest BCUT2D eigenvalue weighted by Gasteiger charge is -2.29. The minimum atomic E-state index is 0.201. The van der Waals surface area contributed by atoms with E-state index < -0.39 is 0 Å². The first kappa shape index (κ1) is 17.3. The first-order chi connectivity index (χ1) is 12.6. The summed E-state index contributed by atoms with van der Waals surface area (Å²) in [7, 11) is 1.98. The van der Waals surface area contributed by atoms with Crippen LogP contribution in [-0.2, 0) is 31.5 Å². The Kier molecular flexibility index (Phi) is 4.80. The summed E-state index contributed by atoms with van der Waals surface area (Å²) >= 11 is 0. The van der Waals surface area contributed by atoms with Crippen molar-refractivity contribution in [1.82, 2.24) is 29.8 Å². The second kappa shape index (κ2) is 7.23. The van der Waals surface area contributed by atoms with Crippen molar-refractivity contribution in [3.63, 3.8) is 0 Å². The molecule has 1 aliphatic carbocycles. The topological polar surface area (TPSA) is 68.0 Å². The van der Waals surface area contributed by atoms with Gasteiger partial charge in [0.1, 0.15) is 0 Å². The number of rotatable bonds is 6. The maximum atomic E-state index is 12.2. The van der Waals surface area contributed by atoms with Crippen LogP contribution in [0.4, 0.5) is 0 Å². The first-order valence-electron chi connectivity index (χ1n) is 9.59. The summed E-state index contributed by atoms with van der Waals surface area (Å²) in [6, 6.07) is 2.40. The van der Waals surface area contributed by atoms with E-state index >= 15 is 0 Å². The minimum Gasteiger partial charge on any atom is -0.355 e. The fraction of sp³-hybridized carbons (Fsp3) is 0.632. The Morgan fingerprint density at radius 1 is 1.31 bits per heavy atom. The van der Waals surface area contributed by atoms with E-state index in [9.17, 15) is 4.79 Å². The van der Waals surface area contributed by atoms with E-state index in [0.29, 0.717) is 24.9 Å². The van der Waals surface area contributed by atoms with E-state index in [-0.39, 0.29) is 5.91 Å². The molecule has 0 aromatic carbocycles. The minimum absolute atomic E-state index is 0.201. The number of fused-ring (bicyclic) bond motifs is 1. The number of nitrogens with zero attached hydrogens (tertiary/aromatic N) is 5. The summed E-state index contributed by atoms with van der Waals surface area (Å²) in [5.41, 5.74) is 3.67. The number of aryl methyl sites for hydroxylation is 2. The molecule has 7 nitrogen and oxygen atoms in total. The van der Waals surface area contributed by atoms with Crippen LogP contribution in [0, 0.1) is 12.8 Å². The molecule has 3 heterocycles. The van der Waals surface area contributed by atoms with E-state index in [4.69, 9.17) is 0 Å². The molecule has 2 aromatic rings. The Morgan fingerprint density at radius 2 is 2.15 bits per heavy atom. The lowest BCUT2D eigenvalue weighted by atomic mass is 10.1. The van der Waals surface area contributed by atoms with Gasteiger partial charge in [0.25, 0.3) is 0 Å². The standard InChI is InChI=1S/C19H28N6O/c1-14-16(10-22-23(14)2)12-24-13-18-5-7-21-25(18)8-6-17(24)11-20-19(26)9-15-3-4-15/h5,7,10,15,17H,3-4,6,8-9,11-13H2,1-2H3,(H,20,26)/t17-/m0/s1. The predicted octanol–water partition coefficient (Wildman–Crippen LogP) is 1.62. The van der Waals surface area contributed by atoms with Gasteiger partial charge in [-0.2, -0.15) is 10.2 Å². The summed E-state index contributed by atoms with van der Waals surface area (Å²) in [6.07, 6.45) is 7.93. The van der Waals surface area contributed by atoms with Gasteiger partial charge in [0, 0.05) is 63.1 Å². The Labute approximate surface area is 154 Å². The largest absolute Gasteiger partial charge is 0.355 e. The highest BCUT2D eigenvalue weighted by molar-refractivity contribution is 5.76. The molecule has 7 heteroatoms. The molecule has 2 aliphatic rings. The zero-order chi connectivity index (χ0) is 18.1. The van der Waals surface area contributed by atoms with Gasteiger partial charge in [-0.1, -0.05) is 0 Å². The Hall–Kier alpha value is -2.15. The van der Waals surface area contributed by atoms with Crippen molar-refractivity contribution in [2.75, 3.05) is 6.54 Å². The molecule has 1 amide bonds. The zero-order valence-electron chi connectivity index (χ0n) is 15.7. The highest BCUT2D eigenvalue weighted by Crippen LogP contribution is 2.32. The Bertz CT molecular complexity index is 775. The molecule has 2 aromatic heterocycles. The molecule has 0 spiro atoms. The summed E-state index contributed by atoms with van der Waals surface area (Å²) in [4.78, 5) is 14.6. The summed E-state index contributed by atoms with van der Waals surface area (Å²) in [5.74, 6) is 0.829. The first-order valence-corrected chi connectivity index (χ1v) is 9.59. The fourth-order valence-electron chi connectivity index (χ4n) is 3.71. The molecule has 0 bridgehead atoms. The quantitative estimate of drug-likeness (QED) is 0.854. The number of hydrogen-bond donors (Lipinski definition) is 1. The van der Waals surface area contributed by atoms with E-state index in [1.807, 2.05) is 24.1 Å². The zero-order valence-corrected chi connectivity index (χ0v) is 15.7. The second-order valence-corrected chi connectivity index (χ2v) is 7.72. The number of aromatic nitrogens is 4. The van der Waals surface area contributed by atoms with Gasteiger partial charge in [-0.25, -0.2) is 0 Å². The van der Waals surface area contributed by atoms with Crippen LogP contribution in [0.5, 0.6) is 0 Å². The van der Waals surface area contributed by atoms with Gasteiger partial charge in [-0.05, 0) is 38.2 Å². The lowest BCUT2D eigenvalue weighted by Crippen LogP contribution is -2.43. The second-order valence-electron chi connectivity index (χ2n) is 7.72. The number of nitrogens with one attached hydrogen (secondary N) is 1. The van der Waals surface area contributed by atoms with Crippen LogP contribution >= 0.6 is 0 Å². The third kappa shape index (κ3) is 3.82. The average Bonchev–Trinajstić information content (AvgIpc) is 3.28. The molecule has 0 saturated heterocycles. The molecule has 1 aliphatic heterocycles. The normalized spacial score (nSPS) is 20.6. The molecule has 26 heavy (non-hydrogen) atoms. The molecule has 0 unspecified atom stereocenters. The molecule has 1 N–H and O–H groups in total. The van der Waals surface area contributed by atoms with Crippen molar-refractivity contribution in [3.8, 4) is 0 Å². The molecule has 0 radical (unpaired) electrons. The van der Waals surface area contributed by atoms with Crippen molar-refractivity contribution >= 4 is 5.91 Å². The maximum absolute atomic E-state index is 12.2. The molecule has 1 fully saturated rings. The third-order valence-corrected chi connectivity index (χ3v) is 5.78. The predicted molar refractivity (Wildman–Crippen MR) is 98.2 cm³/mol. The lowest BCUT2D eigenvalue weighted by molar-refractivity contribution is -0.121. The Balaban J connectivity index is 1.46. The summed E-state index contributed by atoms with van der Waals surface area (Å²) in [5, 5.41) is 12.0. The van der Waals surface area contributed by atoms with Crippen LogP contribution in [0.1, 0.15) is 42.6 Å². The van der Waals surface area contributed by atoms with Crippen LogP contribution in [0.25, 0.3) is 0 Å². The summed E-state index contributed by atoms with van der Waals surface area (Å²) in [6.45, 7) is 5.39. The van der Waals surface area contributed by atoms with Crippen LogP contribution in [0.3, 0.4) is 0 Å². The van der Waals surface area contributed by atoms with E-state index in [1.54, 1.807) is 0 Å². The molecule has 140 valence electrons. The van der Waals surface area contributed by atoms with Gasteiger partial charge < -0.3 is 5.32 Å². The fourth-order valence-corrected chi connectivity index (χ4v) is 3.71. The van der Waals surface area contributed by atoms with Gasteiger partial charge in [-0.15, -0.1) is 0 Å². The number of amides is 1. The van der Waals surface area contributed by atoms with Gasteiger partial charge in [0.05, 0.1) is 11.9 Å². The van der Waals surface area contributed by atoms with E-state index in [1.165, 1.54) is 29.8 Å². The maximum Gasteiger partial charge on any atom is 0.220 e. The van der Waals surface area contributed by atoms with E-state index in [2.05, 4.69) is 38.1 Å². The van der Waals surface area contributed by atoms with Gasteiger partial charge in [0.2, 0.25) is 5.91 Å². The van der Waals surface area contributed by atoms with Gasteiger partial charge >= 0.3 is 0 Å². The SMILES string of the molecule is Cc1c(CN2Cc3ccnn3CC[C@H]2CNC(=O)CC2CC2)cnn1C. The monoisotopic (exact) mass is 356 g/mol. The number of carbonyl (C=O) groups is 1. The van der Waals surface area contributed by atoms with Crippen molar-refractivity contribution in [3.05, 3.63) is 35.4 Å². The van der Waals surface area contributed by atoms with Crippen molar-refractivity contribution in [2.45, 2.75) is 58.3 Å². The van der Waals surface area contributed by atoms with Crippen molar-refractivity contribution < 1.29 is 4.79 Å².